The number of pyridine rings is 1. The number of aryl methyl sites for hydroxylation is 1. The van der Waals surface area contributed by atoms with Gasteiger partial charge >= 0.3 is 0 Å². The van der Waals surface area contributed by atoms with E-state index < -0.39 is 0 Å². The predicted molar refractivity (Wildman–Crippen MR) is 42.8 cm³/mol. The summed E-state index contributed by atoms with van der Waals surface area (Å²) in [4.78, 5) is 3.89. The Morgan fingerprint density at radius 3 is 2.60 bits per heavy atom. The average Bonchev–Trinajstić information content (AvgIpc) is 1.84. The lowest BCUT2D eigenvalue weighted by atomic mass is 10.3. The Morgan fingerprint density at radius 2 is 2.10 bits per heavy atom. The smallest absolute Gasteiger partial charge is 0.146 e. The molecule has 0 aliphatic rings. The van der Waals surface area contributed by atoms with Gasteiger partial charge in [0, 0.05) is 0 Å². The van der Waals surface area contributed by atoms with Crippen LogP contribution in [0.15, 0.2) is 6.07 Å². The van der Waals surface area contributed by atoms with Gasteiger partial charge in [0.15, 0.2) is 0 Å². The second kappa shape index (κ2) is 2.34. The summed E-state index contributed by atoms with van der Waals surface area (Å²) in [6, 6.07) is 1.60. The van der Waals surface area contributed by atoms with Gasteiger partial charge in [0.1, 0.15) is 5.82 Å². The fraction of sp³-hybridized carbons (Fsp3) is 0.167. The zero-order chi connectivity index (χ0) is 7.72. The molecule has 0 atom stereocenters. The Bertz CT molecular complexity index is 209. The molecule has 1 rings (SSSR count). The van der Waals surface area contributed by atoms with E-state index in [0.717, 1.165) is 0 Å². The third-order valence-corrected chi connectivity index (χ3v) is 1.59. The largest absolute Gasteiger partial charge is 0.396 e. The third-order valence-electron chi connectivity index (χ3n) is 1.21. The molecule has 1 aromatic heterocycles. The van der Waals surface area contributed by atoms with E-state index in [1.807, 2.05) is 0 Å². The summed E-state index contributed by atoms with van der Waals surface area (Å²) in [5, 5.41) is 0.548. The summed E-state index contributed by atoms with van der Waals surface area (Å²) in [5.74, 6) is 0.335. The summed E-state index contributed by atoms with van der Waals surface area (Å²) in [5.41, 5.74) is 11.9. The first-order valence-electron chi connectivity index (χ1n) is 2.79. The summed E-state index contributed by atoms with van der Waals surface area (Å²) in [6.07, 6.45) is 0. The molecular weight excluding hydrogens is 150 g/mol. The van der Waals surface area contributed by atoms with Gasteiger partial charge in [-0.2, -0.15) is 0 Å². The molecule has 0 unspecified atom stereocenters. The van der Waals surface area contributed by atoms with Crippen molar-refractivity contribution in [1.82, 2.24) is 4.98 Å². The van der Waals surface area contributed by atoms with Crippen LogP contribution in [0.3, 0.4) is 0 Å². The van der Waals surface area contributed by atoms with Crippen LogP contribution in [0, 0.1) is 6.92 Å². The number of aromatic nitrogens is 1. The van der Waals surface area contributed by atoms with Gasteiger partial charge in [0.05, 0.1) is 16.4 Å². The SMILES string of the molecule is Cc1nc(N)c(N)cc1Cl. The van der Waals surface area contributed by atoms with Crippen LogP contribution in [0.4, 0.5) is 11.5 Å². The fourth-order valence-corrected chi connectivity index (χ4v) is 0.773. The third kappa shape index (κ3) is 1.14. The van der Waals surface area contributed by atoms with Gasteiger partial charge in [-0.15, -0.1) is 0 Å². The average molecular weight is 158 g/mol. The first-order chi connectivity index (χ1) is 4.61. The van der Waals surface area contributed by atoms with Crippen LogP contribution in [-0.4, -0.2) is 4.98 Å². The topological polar surface area (TPSA) is 64.9 Å². The highest BCUT2D eigenvalue weighted by atomic mass is 35.5. The number of nitrogens with zero attached hydrogens (tertiary/aromatic N) is 1. The highest BCUT2D eigenvalue weighted by molar-refractivity contribution is 6.31. The zero-order valence-electron chi connectivity index (χ0n) is 5.56. The first kappa shape index (κ1) is 7.15. The van der Waals surface area contributed by atoms with Crippen molar-refractivity contribution >= 4 is 23.1 Å². The lowest BCUT2D eigenvalue weighted by molar-refractivity contribution is 1.21. The van der Waals surface area contributed by atoms with Crippen LogP contribution in [-0.2, 0) is 0 Å². The minimum atomic E-state index is 0.335. The minimum Gasteiger partial charge on any atom is -0.396 e. The van der Waals surface area contributed by atoms with Gasteiger partial charge in [-0.3, -0.25) is 0 Å². The molecule has 0 saturated carbocycles. The number of halogens is 1. The van der Waals surface area contributed by atoms with Crippen molar-refractivity contribution in [2.45, 2.75) is 6.92 Å². The number of nitrogen functional groups attached to an aromatic ring is 2. The van der Waals surface area contributed by atoms with Gasteiger partial charge in [-0.1, -0.05) is 11.6 Å². The van der Waals surface area contributed by atoms with E-state index in [4.69, 9.17) is 23.1 Å². The van der Waals surface area contributed by atoms with Crippen molar-refractivity contribution < 1.29 is 0 Å². The Hall–Kier alpha value is -0.960. The Labute approximate surface area is 64.0 Å². The summed E-state index contributed by atoms with van der Waals surface area (Å²) in [7, 11) is 0. The molecule has 3 nitrogen and oxygen atoms in total. The predicted octanol–water partition coefficient (Wildman–Crippen LogP) is 1.21. The number of anilines is 2. The maximum absolute atomic E-state index is 5.69. The Morgan fingerprint density at radius 1 is 1.50 bits per heavy atom. The van der Waals surface area contributed by atoms with Gasteiger partial charge in [0.25, 0.3) is 0 Å². The Kier molecular flexibility index (Phi) is 1.68. The number of hydrogen-bond acceptors (Lipinski definition) is 3. The number of rotatable bonds is 0. The fourth-order valence-electron chi connectivity index (χ4n) is 0.614. The molecule has 10 heavy (non-hydrogen) atoms. The highest BCUT2D eigenvalue weighted by Gasteiger charge is 2.00. The second-order valence-electron chi connectivity index (χ2n) is 2.03. The molecule has 0 saturated heterocycles. The normalized spacial score (nSPS) is 9.80. The molecule has 0 aliphatic heterocycles. The lowest BCUT2D eigenvalue weighted by Crippen LogP contribution is -1.99. The molecule has 0 amide bonds. The van der Waals surface area contributed by atoms with E-state index in [2.05, 4.69) is 4.98 Å². The monoisotopic (exact) mass is 157 g/mol. The van der Waals surface area contributed by atoms with Crippen LogP contribution in [0.1, 0.15) is 5.69 Å². The quantitative estimate of drug-likeness (QED) is 0.595. The molecule has 0 aliphatic carbocycles. The first-order valence-corrected chi connectivity index (χ1v) is 3.17. The van der Waals surface area contributed by atoms with Crippen LogP contribution < -0.4 is 11.5 Å². The van der Waals surface area contributed by atoms with E-state index in [1.54, 1.807) is 13.0 Å². The van der Waals surface area contributed by atoms with E-state index in [9.17, 15) is 0 Å². The van der Waals surface area contributed by atoms with Crippen molar-refractivity contribution in [2.75, 3.05) is 11.5 Å². The van der Waals surface area contributed by atoms with Crippen LogP contribution >= 0.6 is 11.6 Å². The van der Waals surface area contributed by atoms with Gasteiger partial charge in [-0.05, 0) is 13.0 Å². The molecule has 1 aromatic rings. The van der Waals surface area contributed by atoms with E-state index in [1.165, 1.54) is 0 Å². The minimum absolute atomic E-state index is 0.335. The van der Waals surface area contributed by atoms with Gasteiger partial charge < -0.3 is 11.5 Å². The molecule has 4 heteroatoms. The molecule has 0 bridgehead atoms. The summed E-state index contributed by atoms with van der Waals surface area (Å²) in [6.45, 7) is 1.78. The second-order valence-corrected chi connectivity index (χ2v) is 2.44. The number of hydrogen-bond donors (Lipinski definition) is 2. The van der Waals surface area contributed by atoms with Crippen LogP contribution in [0.5, 0.6) is 0 Å². The zero-order valence-corrected chi connectivity index (χ0v) is 6.31. The maximum Gasteiger partial charge on any atom is 0.146 e. The molecule has 0 aromatic carbocycles. The molecule has 1 heterocycles. The molecule has 0 spiro atoms. The van der Waals surface area contributed by atoms with Crippen molar-refractivity contribution in [3.63, 3.8) is 0 Å². The Balaban J connectivity index is 3.28. The van der Waals surface area contributed by atoms with Crippen molar-refractivity contribution in [2.24, 2.45) is 0 Å². The highest BCUT2D eigenvalue weighted by Crippen LogP contribution is 2.20. The van der Waals surface area contributed by atoms with Gasteiger partial charge in [0.2, 0.25) is 0 Å². The number of nitrogens with two attached hydrogens (primary N) is 2. The van der Waals surface area contributed by atoms with E-state index in [-0.39, 0.29) is 0 Å². The lowest BCUT2D eigenvalue weighted by Gasteiger charge is -2.01. The van der Waals surface area contributed by atoms with Crippen LogP contribution in [0.25, 0.3) is 0 Å². The molecule has 4 N–H and O–H groups in total. The standard InChI is InChI=1S/C6H8ClN3/c1-3-4(7)2-5(8)6(9)10-3/h2H,8H2,1H3,(H2,9,10). The van der Waals surface area contributed by atoms with Gasteiger partial charge in [-0.25, -0.2) is 4.98 Å². The summed E-state index contributed by atoms with van der Waals surface area (Å²) < 4.78 is 0. The van der Waals surface area contributed by atoms with E-state index in [0.29, 0.717) is 22.2 Å². The van der Waals surface area contributed by atoms with Crippen molar-refractivity contribution in [1.29, 1.82) is 0 Å². The maximum atomic E-state index is 5.69. The summed E-state index contributed by atoms with van der Waals surface area (Å²) >= 11 is 5.69. The molecule has 0 radical (unpaired) electrons. The molecule has 54 valence electrons. The van der Waals surface area contributed by atoms with Crippen molar-refractivity contribution in [3.05, 3.63) is 16.8 Å². The van der Waals surface area contributed by atoms with Crippen LogP contribution in [0.2, 0.25) is 5.02 Å². The van der Waals surface area contributed by atoms with E-state index >= 15 is 0 Å². The van der Waals surface area contributed by atoms with Crippen molar-refractivity contribution in [3.8, 4) is 0 Å². The molecular formula is C6H8ClN3. The molecule has 0 fully saturated rings.